The van der Waals surface area contributed by atoms with Crippen LogP contribution in [0.2, 0.25) is 5.02 Å². The molecule has 1 aromatic carbocycles. The second-order valence-corrected chi connectivity index (χ2v) is 8.20. The molecule has 5 nitrogen and oxygen atoms in total. The van der Waals surface area contributed by atoms with Gasteiger partial charge in [-0.25, -0.2) is 0 Å². The van der Waals surface area contributed by atoms with Gasteiger partial charge in [-0.3, -0.25) is 9.59 Å². The molecule has 0 radical (unpaired) electrons. The van der Waals surface area contributed by atoms with E-state index in [2.05, 4.69) is 0 Å². The van der Waals surface area contributed by atoms with Crippen LogP contribution in [-0.2, 0) is 9.59 Å². The number of thioether (sulfide) groups is 1. The van der Waals surface area contributed by atoms with Gasteiger partial charge in [-0.1, -0.05) is 23.7 Å². The molecule has 0 saturated carbocycles. The van der Waals surface area contributed by atoms with Crippen molar-refractivity contribution in [1.82, 2.24) is 9.80 Å². The fraction of sp³-hybridized carbons (Fsp3) is 0.579. The van der Waals surface area contributed by atoms with E-state index in [4.69, 9.17) is 16.3 Å². The number of ether oxygens (including phenoxy) is 1. The van der Waals surface area contributed by atoms with Crippen LogP contribution < -0.4 is 4.74 Å². The van der Waals surface area contributed by atoms with Gasteiger partial charge in [-0.15, -0.1) is 0 Å². The average molecular weight is 397 g/mol. The smallest absolute Gasteiger partial charge is 0.245 e. The maximum Gasteiger partial charge on any atom is 0.245 e. The normalized spacial score (nSPS) is 20.3. The summed E-state index contributed by atoms with van der Waals surface area (Å²) >= 11 is 7.93. The lowest BCUT2D eigenvalue weighted by atomic mass is 10.1. The topological polar surface area (TPSA) is 49.9 Å². The summed E-state index contributed by atoms with van der Waals surface area (Å²) in [7, 11) is 0. The van der Waals surface area contributed by atoms with Gasteiger partial charge >= 0.3 is 0 Å². The third kappa shape index (κ3) is 4.86. The van der Waals surface area contributed by atoms with Crippen LogP contribution in [0.15, 0.2) is 24.3 Å². The van der Waals surface area contributed by atoms with Crippen molar-refractivity contribution in [2.45, 2.75) is 31.7 Å². The number of likely N-dealkylation sites (tertiary alicyclic amines) is 1. The first-order valence-corrected chi connectivity index (χ1v) is 10.7. The lowest BCUT2D eigenvalue weighted by Crippen LogP contribution is -2.50. The van der Waals surface area contributed by atoms with Gasteiger partial charge in [-0.2, -0.15) is 11.8 Å². The van der Waals surface area contributed by atoms with E-state index < -0.39 is 0 Å². The highest BCUT2D eigenvalue weighted by Crippen LogP contribution is 2.24. The van der Waals surface area contributed by atoms with Gasteiger partial charge < -0.3 is 14.5 Å². The zero-order valence-corrected chi connectivity index (χ0v) is 16.4. The van der Waals surface area contributed by atoms with Gasteiger partial charge in [0, 0.05) is 37.6 Å². The predicted octanol–water partition coefficient (Wildman–Crippen LogP) is 3.07. The summed E-state index contributed by atoms with van der Waals surface area (Å²) in [4.78, 5) is 29.0. The standard InChI is InChI=1S/C19H25ClN2O3S/c20-15-5-1-2-7-17(15)25-12-4-8-18(23)22-9-3-6-16(22)19(24)21-10-13-26-14-11-21/h1-2,5,7,16H,3-4,6,8-14H2. The van der Waals surface area contributed by atoms with E-state index in [9.17, 15) is 9.59 Å². The maximum absolute atomic E-state index is 12.8. The first-order valence-electron chi connectivity index (χ1n) is 9.20. The van der Waals surface area contributed by atoms with Gasteiger partial charge in [0.1, 0.15) is 11.8 Å². The highest BCUT2D eigenvalue weighted by Gasteiger charge is 2.36. The molecule has 0 bridgehead atoms. The summed E-state index contributed by atoms with van der Waals surface area (Å²) < 4.78 is 5.64. The van der Waals surface area contributed by atoms with Crippen molar-refractivity contribution >= 4 is 35.2 Å². The third-order valence-corrected chi connectivity index (χ3v) is 6.06. The minimum absolute atomic E-state index is 0.0509. The molecule has 2 aliphatic rings. The molecule has 2 saturated heterocycles. The monoisotopic (exact) mass is 396 g/mol. The first-order chi connectivity index (χ1) is 12.7. The third-order valence-electron chi connectivity index (χ3n) is 4.81. The van der Waals surface area contributed by atoms with Crippen molar-refractivity contribution in [1.29, 1.82) is 0 Å². The van der Waals surface area contributed by atoms with Gasteiger partial charge in [0.25, 0.3) is 0 Å². The predicted molar refractivity (Wildman–Crippen MR) is 105 cm³/mol. The number of hydrogen-bond acceptors (Lipinski definition) is 4. The van der Waals surface area contributed by atoms with Crippen molar-refractivity contribution < 1.29 is 14.3 Å². The van der Waals surface area contributed by atoms with Gasteiger partial charge in [0.05, 0.1) is 11.6 Å². The molecule has 3 rings (SSSR count). The van der Waals surface area contributed by atoms with Gasteiger partial charge in [0.2, 0.25) is 11.8 Å². The Hall–Kier alpha value is -1.40. The van der Waals surface area contributed by atoms with Crippen LogP contribution in [0.1, 0.15) is 25.7 Å². The van der Waals surface area contributed by atoms with Crippen molar-refractivity contribution in [3.63, 3.8) is 0 Å². The van der Waals surface area contributed by atoms with E-state index >= 15 is 0 Å². The van der Waals surface area contributed by atoms with Crippen LogP contribution >= 0.6 is 23.4 Å². The van der Waals surface area contributed by atoms with Crippen molar-refractivity contribution in [3.05, 3.63) is 29.3 Å². The van der Waals surface area contributed by atoms with Crippen LogP contribution in [0.3, 0.4) is 0 Å². The quantitative estimate of drug-likeness (QED) is 0.693. The zero-order valence-electron chi connectivity index (χ0n) is 14.9. The summed E-state index contributed by atoms with van der Waals surface area (Å²) in [6, 6.07) is 7.05. The van der Waals surface area contributed by atoms with Crippen LogP contribution in [0.5, 0.6) is 5.75 Å². The highest BCUT2D eigenvalue weighted by atomic mass is 35.5. The number of halogens is 1. The molecule has 1 aromatic rings. The molecule has 2 heterocycles. The summed E-state index contributed by atoms with van der Waals surface area (Å²) in [6.07, 6.45) is 2.69. The molecule has 1 unspecified atom stereocenters. The SMILES string of the molecule is O=C(C1CCCN1C(=O)CCCOc1ccccc1Cl)N1CCSCC1. The summed E-state index contributed by atoms with van der Waals surface area (Å²) in [5, 5.41) is 0.573. The number of carbonyl (C=O) groups excluding carboxylic acids is 2. The fourth-order valence-electron chi connectivity index (χ4n) is 3.43. The molecule has 2 fully saturated rings. The molecular formula is C19H25ClN2O3S. The minimum atomic E-state index is -0.268. The van der Waals surface area contributed by atoms with E-state index in [-0.39, 0.29) is 17.9 Å². The second-order valence-electron chi connectivity index (χ2n) is 6.57. The number of nitrogens with zero attached hydrogens (tertiary/aromatic N) is 2. The number of benzene rings is 1. The van der Waals surface area contributed by atoms with Crippen molar-refractivity contribution in [2.24, 2.45) is 0 Å². The van der Waals surface area contributed by atoms with Crippen LogP contribution in [0, 0.1) is 0 Å². The molecule has 0 N–H and O–H groups in total. The summed E-state index contributed by atoms with van der Waals surface area (Å²) in [5.74, 6) is 2.80. The van der Waals surface area contributed by atoms with Gasteiger partial charge in [0.15, 0.2) is 0 Å². The largest absolute Gasteiger partial charge is 0.492 e. The molecular weight excluding hydrogens is 372 g/mol. The van der Waals surface area contributed by atoms with Crippen molar-refractivity contribution in [2.75, 3.05) is 37.7 Å². The van der Waals surface area contributed by atoms with Crippen LogP contribution in [-0.4, -0.2) is 65.4 Å². The Bertz CT molecular complexity index is 637. The van der Waals surface area contributed by atoms with E-state index in [1.165, 1.54) is 0 Å². The lowest BCUT2D eigenvalue weighted by molar-refractivity contribution is -0.143. The zero-order chi connectivity index (χ0) is 18.4. The molecule has 1 atom stereocenters. The van der Waals surface area contributed by atoms with E-state index in [1.54, 1.807) is 11.0 Å². The molecule has 2 aliphatic heterocycles. The molecule has 0 aliphatic carbocycles. The van der Waals surface area contributed by atoms with Crippen molar-refractivity contribution in [3.8, 4) is 5.75 Å². The number of para-hydroxylation sites is 1. The number of rotatable bonds is 6. The summed E-state index contributed by atoms with van der Waals surface area (Å²) in [5.41, 5.74) is 0. The maximum atomic E-state index is 12.8. The second kappa shape index (κ2) is 9.51. The summed E-state index contributed by atoms with van der Waals surface area (Å²) in [6.45, 7) is 2.72. The molecule has 0 aromatic heterocycles. The Morgan fingerprint density at radius 2 is 1.96 bits per heavy atom. The Morgan fingerprint density at radius 3 is 2.73 bits per heavy atom. The number of carbonyl (C=O) groups is 2. The van der Waals surface area contributed by atoms with E-state index in [1.807, 2.05) is 34.9 Å². The average Bonchev–Trinajstić information content (AvgIpc) is 3.16. The molecule has 142 valence electrons. The molecule has 2 amide bonds. The molecule has 7 heteroatoms. The van der Waals surface area contributed by atoms with Crippen LogP contribution in [0.4, 0.5) is 0 Å². The van der Waals surface area contributed by atoms with Gasteiger partial charge in [-0.05, 0) is 31.4 Å². The molecule has 26 heavy (non-hydrogen) atoms. The van der Waals surface area contributed by atoms with Crippen LogP contribution in [0.25, 0.3) is 0 Å². The number of amides is 2. The van der Waals surface area contributed by atoms with E-state index in [0.29, 0.717) is 36.8 Å². The molecule has 0 spiro atoms. The lowest BCUT2D eigenvalue weighted by Gasteiger charge is -2.32. The Balaban J connectivity index is 1.45. The Labute approximate surface area is 164 Å². The minimum Gasteiger partial charge on any atom is -0.492 e. The Kier molecular flexibility index (Phi) is 7.08. The fourth-order valence-corrected chi connectivity index (χ4v) is 4.52. The number of hydrogen-bond donors (Lipinski definition) is 0. The first kappa shape index (κ1) is 19.4. The van der Waals surface area contributed by atoms with E-state index in [0.717, 1.165) is 37.4 Å². The highest BCUT2D eigenvalue weighted by molar-refractivity contribution is 7.99. The Morgan fingerprint density at radius 1 is 1.19 bits per heavy atom.